The molecule has 1 atom stereocenters. The van der Waals surface area contributed by atoms with Gasteiger partial charge in [-0.15, -0.1) is 0 Å². The Morgan fingerprint density at radius 1 is 1.07 bits per heavy atom. The molecule has 0 radical (unpaired) electrons. The molecule has 1 N–H and O–H groups in total. The molecule has 0 unspecified atom stereocenters. The lowest BCUT2D eigenvalue weighted by atomic mass is 10.0. The molecule has 5 heteroatoms. The third-order valence-electron chi connectivity index (χ3n) is 4.69. The highest BCUT2D eigenvalue weighted by Gasteiger charge is 2.26. The maximum absolute atomic E-state index is 13.1. The van der Waals surface area contributed by atoms with Crippen LogP contribution < -0.4 is 5.32 Å². The minimum atomic E-state index is -0.539. The van der Waals surface area contributed by atoms with Gasteiger partial charge in [-0.05, 0) is 62.1 Å². The van der Waals surface area contributed by atoms with E-state index >= 15 is 0 Å². The van der Waals surface area contributed by atoms with Crippen LogP contribution in [0.2, 0.25) is 0 Å². The van der Waals surface area contributed by atoms with Gasteiger partial charge < -0.3 is 10.2 Å². The Balaban J connectivity index is 2.25. The molecule has 0 saturated heterocycles. The van der Waals surface area contributed by atoms with Crippen molar-refractivity contribution in [1.29, 1.82) is 0 Å². The van der Waals surface area contributed by atoms with Crippen LogP contribution in [0.5, 0.6) is 0 Å². The maximum Gasteiger partial charge on any atom is 0.242 e. The number of likely N-dealkylation sites (N-methyl/N-ethyl adjacent to an activating group) is 1. The number of hydrogen-bond donors (Lipinski definition) is 1. The van der Waals surface area contributed by atoms with Crippen molar-refractivity contribution in [2.24, 2.45) is 0 Å². The van der Waals surface area contributed by atoms with Crippen molar-refractivity contribution in [2.45, 2.75) is 46.7 Å². The molecule has 0 heterocycles. The molecule has 0 aliphatic rings. The minimum absolute atomic E-state index is 0.0584. The molecule has 2 aromatic rings. The largest absolute Gasteiger partial charge is 0.355 e. The van der Waals surface area contributed by atoms with E-state index in [0.717, 1.165) is 21.2 Å². The number of benzene rings is 2. The number of aryl methyl sites for hydroxylation is 2. The van der Waals surface area contributed by atoms with Gasteiger partial charge in [-0.2, -0.15) is 0 Å². The maximum atomic E-state index is 13.1. The van der Waals surface area contributed by atoms with Gasteiger partial charge in [0.2, 0.25) is 11.8 Å². The Morgan fingerprint density at radius 3 is 2.44 bits per heavy atom. The van der Waals surface area contributed by atoms with Crippen molar-refractivity contribution in [3.05, 3.63) is 69.2 Å². The van der Waals surface area contributed by atoms with Crippen LogP contribution in [0.1, 0.15) is 36.1 Å². The monoisotopic (exact) mass is 430 g/mol. The van der Waals surface area contributed by atoms with Crippen molar-refractivity contribution >= 4 is 27.7 Å². The van der Waals surface area contributed by atoms with E-state index in [1.807, 2.05) is 56.3 Å². The molecule has 2 aromatic carbocycles. The summed E-state index contributed by atoms with van der Waals surface area (Å²) in [7, 11) is 0. The summed E-state index contributed by atoms with van der Waals surface area (Å²) < 4.78 is 0.951. The van der Waals surface area contributed by atoms with Gasteiger partial charge in [-0.25, -0.2) is 0 Å². The third-order valence-corrected chi connectivity index (χ3v) is 5.18. The van der Waals surface area contributed by atoms with Gasteiger partial charge in [0.1, 0.15) is 6.04 Å². The Morgan fingerprint density at radius 2 is 1.81 bits per heavy atom. The molecule has 27 heavy (non-hydrogen) atoms. The first kappa shape index (κ1) is 21.2. The number of hydrogen-bond acceptors (Lipinski definition) is 2. The van der Waals surface area contributed by atoms with E-state index in [1.54, 1.807) is 11.8 Å². The molecule has 0 spiro atoms. The smallest absolute Gasteiger partial charge is 0.242 e. The SMILES string of the molecule is CCNC(=O)[C@@H](C)N(Cc1cccc(Br)c1)C(=O)Cc1ccc(C)c(C)c1. The lowest BCUT2D eigenvalue weighted by Crippen LogP contribution is -2.48. The van der Waals surface area contributed by atoms with Crippen LogP contribution in [-0.2, 0) is 22.6 Å². The Hall–Kier alpha value is -2.14. The molecule has 0 aliphatic carbocycles. The normalized spacial score (nSPS) is 11.7. The zero-order valence-corrected chi connectivity index (χ0v) is 18.0. The van der Waals surface area contributed by atoms with E-state index in [0.29, 0.717) is 13.1 Å². The molecular formula is C22H27BrN2O2. The third kappa shape index (κ3) is 5.93. The lowest BCUT2D eigenvalue weighted by molar-refractivity contribution is -0.140. The van der Waals surface area contributed by atoms with Gasteiger partial charge in [0.25, 0.3) is 0 Å². The van der Waals surface area contributed by atoms with Crippen molar-refractivity contribution in [3.63, 3.8) is 0 Å². The Bertz CT molecular complexity index is 820. The van der Waals surface area contributed by atoms with E-state index in [9.17, 15) is 9.59 Å². The highest BCUT2D eigenvalue weighted by atomic mass is 79.9. The summed E-state index contributed by atoms with van der Waals surface area (Å²) in [5, 5.41) is 2.82. The highest BCUT2D eigenvalue weighted by Crippen LogP contribution is 2.17. The van der Waals surface area contributed by atoms with Gasteiger partial charge in [0, 0.05) is 17.6 Å². The molecule has 4 nitrogen and oxygen atoms in total. The first-order valence-electron chi connectivity index (χ1n) is 9.19. The molecule has 144 valence electrons. The van der Waals surface area contributed by atoms with Crippen LogP contribution >= 0.6 is 15.9 Å². The van der Waals surface area contributed by atoms with E-state index in [4.69, 9.17) is 0 Å². The average molecular weight is 431 g/mol. The van der Waals surface area contributed by atoms with Crippen molar-refractivity contribution in [2.75, 3.05) is 6.54 Å². The lowest BCUT2D eigenvalue weighted by Gasteiger charge is -2.29. The standard InChI is InChI=1S/C22H27BrN2O2/c1-5-24-22(27)17(4)25(14-19-7-6-8-20(23)12-19)21(26)13-18-10-9-15(2)16(3)11-18/h6-12,17H,5,13-14H2,1-4H3,(H,24,27)/t17-/m1/s1. The molecule has 0 fully saturated rings. The van der Waals surface area contributed by atoms with Crippen LogP contribution in [0, 0.1) is 13.8 Å². The van der Waals surface area contributed by atoms with E-state index in [-0.39, 0.29) is 18.2 Å². The average Bonchev–Trinajstić information content (AvgIpc) is 2.62. The zero-order chi connectivity index (χ0) is 20.0. The fraction of sp³-hybridized carbons (Fsp3) is 0.364. The van der Waals surface area contributed by atoms with Crippen molar-refractivity contribution in [3.8, 4) is 0 Å². The van der Waals surface area contributed by atoms with Gasteiger partial charge in [0.05, 0.1) is 6.42 Å². The number of carbonyl (C=O) groups excluding carboxylic acids is 2. The van der Waals surface area contributed by atoms with Crippen LogP contribution in [0.15, 0.2) is 46.9 Å². The fourth-order valence-electron chi connectivity index (χ4n) is 2.93. The molecule has 0 saturated carbocycles. The summed E-state index contributed by atoms with van der Waals surface area (Å²) in [6, 6.07) is 13.3. The minimum Gasteiger partial charge on any atom is -0.355 e. The van der Waals surface area contributed by atoms with Crippen molar-refractivity contribution in [1.82, 2.24) is 10.2 Å². The molecular weight excluding hydrogens is 404 g/mol. The summed E-state index contributed by atoms with van der Waals surface area (Å²) in [6.45, 7) is 8.68. The summed E-state index contributed by atoms with van der Waals surface area (Å²) in [5.74, 6) is -0.196. The summed E-state index contributed by atoms with van der Waals surface area (Å²) >= 11 is 3.47. The predicted octanol–water partition coefficient (Wildman–Crippen LogP) is 4.16. The van der Waals surface area contributed by atoms with Gasteiger partial charge in [0.15, 0.2) is 0 Å². The Labute approximate surface area is 170 Å². The molecule has 2 rings (SSSR count). The van der Waals surface area contributed by atoms with Gasteiger partial charge in [-0.3, -0.25) is 9.59 Å². The van der Waals surface area contributed by atoms with Crippen LogP contribution in [-0.4, -0.2) is 29.3 Å². The van der Waals surface area contributed by atoms with Crippen LogP contribution in [0.4, 0.5) is 0 Å². The first-order chi connectivity index (χ1) is 12.8. The second-order valence-electron chi connectivity index (χ2n) is 6.82. The number of amides is 2. The second-order valence-corrected chi connectivity index (χ2v) is 7.73. The second kappa shape index (κ2) is 9.70. The number of nitrogens with zero attached hydrogens (tertiary/aromatic N) is 1. The quantitative estimate of drug-likeness (QED) is 0.716. The fourth-order valence-corrected chi connectivity index (χ4v) is 3.37. The Kier molecular flexibility index (Phi) is 7.60. The first-order valence-corrected chi connectivity index (χ1v) is 9.99. The van der Waals surface area contributed by atoms with Gasteiger partial charge >= 0.3 is 0 Å². The van der Waals surface area contributed by atoms with E-state index in [2.05, 4.69) is 28.2 Å². The summed E-state index contributed by atoms with van der Waals surface area (Å²) in [6.07, 6.45) is 0.277. The predicted molar refractivity (Wildman–Crippen MR) is 112 cm³/mol. The molecule has 0 aromatic heterocycles. The van der Waals surface area contributed by atoms with E-state index < -0.39 is 6.04 Å². The number of rotatable bonds is 7. The number of halogens is 1. The summed E-state index contributed by atoms with van der Waals surface area (Å²) in [5.41, 5.74) is 4.31. The topological polar surface area (TPSA) is 49.4 Å². The van der Waals surface area contributed by atoms with Gasteiger partial charge in [-0.1, -0.05) is 46.3 Å². The zero-order valence-electron chi connectivity index (χ0n) is 16.4. The highest BCUT2D eigenvalue weighted by molar-refractivity contribution is 9.10. The number of nitrogens with one attached hydrogen (secondary N) is 1. The van der Waals surface area contributed by atoms with Crippen LogP contribution in [0.3, 0.4) is 0 Å². The molecule has 0 bridgehead atoms. The van der Waals surface area contributed by atoms with Crippen molar-refractivity contribution < 1.29 is 9.59 Å². The van der Waals surface area contributed by atoms with E-state index in [1.165, 1.54) is 5.56 Å². The molecule has 2 amide bonds. The molecule has 0 aliphatic heterocycles. The summed E-state index contributed by atoms with van der Waals surface area (Å²) in [4.78, 5) is 27.1. The van der Waals surface area contributed by atoms with Crippen LogP contribution in [0.25, 0.3) is 0 Å². The number of carbonyl (C=O) groups is 2.